The zero-order chi connectivity index (χ0) is 14.6. The molecule has 1 aromatic heterocycles. The van der Waals surface area contributed by atoms with Crippen LogP contribution >= 0.6 is 0 Å². The summed E-state index contributed by atoms with van der Waals surface area (Å²) >= 11 is 0. The van der Waals surface area contributed by atoms with Gasteiger partial charge in [0.25, 0.3) is 0 Å². The molecule has 1 aromatic rings. The number of anilines is 1. The molecule has 0 aromatic carbocycles. The summed E-state index contributed by atoms with van der Waals surface area (Å²) in [5, 5.41) is 3.31. The van der Waals surface area contributed by atoms with E-state index in [1.807, 2.05) is 6.92 Å². The zero-order valence-corrected chi connectivity index (χ0v) is 11.6. The Morgan fingerprint density at radius 2 is 2.00 bits per heavy atom. The molecule has 0 atom stereocenters. The van der Waals surface area contributed by atoms with Gasteiger partial charge in [-0.25, -0.2) is 4.98 Å². The molecule has 0 aliphatic carbocycles. The van der Waals surface area contributed by atoms with Gasteiger partial charge in [-0.2, -0.15) is 13.2 Å². The molecular weight excluding hydrogens is 267 g/mol. The second kappa shape index (κ2) is 6.43. The van der Waals surface area contributed by atoms with Crippen LogP contribution in [0.15, 0.2) is 18.3 Å². The summed E-state index contributed by atoms with van der Waals surface area (Å²) < 4.78 is 37.5. The average Bonchev–Trinajstić information content (AvgIpc) is 2.45. The van der Waals surface area contributed by atoms with Crippen molar-refractivity contribution in [1.29, 1.82) is 0 Å². The minimum Gasteiger partial charge on any atom is -0.357 e. The van der Waals surface area contributed by atoms with Crippen molar-refractivity contribution < 1.29 is 13.2 Å². The van der Waals surface area contributed by atoms with Crippen molar-refractivity contribution >= 4 is 5.82 Å². The molecule has 0 amide bonds. The summed E-state index contributed by atoms with van der Waals surface area (Å²) in [6.45, 7) is 5.64. The molecule has 3 nitrogen and oxygen atoms in total. The Bertz CT molecular complexity index is 411. The molecule has 20 heavy (non-hydrogen) atoms. The molecule has 0 spiro atoms. The van der Waals surface area contributed by atoms with Crippen LogP contribution in [0.3, 0.4) is 0 Å². The van der Waals surface area contributed by atoms with Gasteiger partial charge in [0.1, 0.15) is 5.82 Å². The van der Waals surface area contributed by atoms with Crippen LogP contribution < -0.4 is 10.2 Å². The van der Waals surface area contributed by atoms with Gasteiger partial charge < -0.3 is 10.2 Å². The van der Waals surface area contributed by atoms with Crippen LogP contribution in [0, 0.1) is 5.92 Å². The Balaban J connectivity index is 2.03. The van der Waals surface area contributed by atoms with Crippen molar-refractivity contribution in [3.8, 4) is 0 Å². The smallest absolute Gasteiger partial charge is 0.357 e. The van der Waals surface area contributed by atoms with Crippen LogP contribution in [0.2, 0.25) is 0 Å². The third-order valence-electron chi connectivity index (χ3n) is 3.72. The number of rotatable bonds is 4. The van der Waals surface area contributed by atoms with E-state index < -0.39 is 11.7 Å². The normalized spacial score (nSPS) is 17.2. The lowest BCUT2D eigenvalue weighted by Crippen LogP contribution is -2.36. The molecule has 2 heterocycles. The van der Waals surface area contributed by atoms with Gasteiger partial charge in [-0.3, -0.25) is 0 Å². The molecule has 0 saturated carbocycles. The number of halogens is 3. The maximum absolute atomic E-state index is 12.5. The van der Waals surface area contributed by atoms with Crippen LogP contribution in [-0.2, 0) is 6.18 Å². The maximum atomic E-state index is 12.5. The van der Waals surface area contributed by atoms with Gasteiger partial charge in [0.05, 0.1) is 5.56 Å². The first-order valence-electron chi connectivity index (χ1n) is 6.99. The van der Waals surface area contributed by atoms with Gasteiger partial charge in [-0.1, -0.05) is 0 Å². The van der Waals surface area contributed by atoms with Crippen LogP contribution in [0.1, 0.15) is 25.3 Å². The Labute approximate surface area is 117 Å². The molecule has 1 fully saturated rings. The zero-order valence-electron chi connectivity index (χ0n) is 11.6. The highest BCUT2D eigenvalue weighted by atomic mass is 19.4. The highest BCUT2D eigenvalue weighted by molar-refractivity contribution is 5.39. The maximum Gasteiger partial charge on any atom is 0.417 e. The number of alkyl halides is 3. The molecule has 112 valence electrons. The van der Waals surface area contributed by atoms with Crippen molar-refractivity contribution in [2.45, 2.75) is 25.9 Å². The van der Waals surface area contributed by atoms with Crippen LogP contribution in [0.25, 0.3) is 0 Å². The Kier molecular flexibility index (Phi) is 4.86. The fraction of sp³-hybridized carbons (Fsp3) is 0.643. The van der Waals surface area contributed by atoms with Crippen LogP contribution in [0.4, 0.5) is 19.0 Å². The minimum atomic E-state index is -4.32. The molecule has 0 bridgehead atoms. The molecule has 1 aliphatic heterocycles. The highest BCUT2D eigenvalue weighted by Crippen LogP contribution is 2.29. The number of nitrogens with zero attached hydrogens (tertiary/aromatic N) is 2. The fourth-order valence-electron chi connectivity index (χ4n) is 2.50. The lowest BCUT2D eigenvalue weighted by Gasteiger charge is -2.30. The molecule has 2 rings (SSSR count). The first kappa shape index (κ1) is 15.1. The molecular formula is C14H20F3N3. The summed E-state index contributed by atoms with van der Waals surface area (Å²) in [5.41, 5.74) is -0.695. The van der Waals surface area contributed by atoms with Crippen molar-refractivity contribution in [2.24, 2.45) is 5.92 Å². The van der Waals surface area contributed by atoms with E-state index in [2.05, 4.69) is 15.2 Å². The predicted molar refractivity (Wildman–Crippen MR) is 72.7 cm³/mol. The number of pyridine rings is 1. The average molecular weight is 287 g/mol. The van der Waals surface area contributed by atoms with Gasteiger partial charge in [-0.05, 0) is 50.9 Å². The summed E-state index contributed by atoms with van der Waals surface area (Å²) in [6, 6.07) is 2.57. The Morgan fingerprint density at radius 1 is 1.30 bits per heavy atom. The van der Waals surface area contributed by atoms with E-state index in [-0.39, 0.29) is 0 Å². The van der Waals surface area contributed by atoms with Gasteiger partial charge in [0.15, 0.2) is 0 Å². The largest absolute Gasteiger partial charge is 0.417 e. The standard InChI is InChI=1S/C14H20F3N3/c1-2-20(10-11-5-7-18-8-6-11)13-4-3-12(9-19-13)14(15,16)17/h3-4,9,11,18H,2,5-8,10H2,1H3. The lowest BCUT2D eigenvalue weighted by molar-refractivity contribution is -0.137. The van der Waals surface area contributed by atoms with Crippen LogP contribution in [0.5, 0.6) is 0 Å². The van der Waals surface area contributed by atoms with E-state index in [4.69, 9.17) is 0 Å². The van der Waals surface area contributed by atoms with Gasteiger partial charge >= 0.3 is 6.18 Å². The number of nitrogens with one attached hydrogen (secondary N) is 1. The fourth-order valence-corrected chi connectivity index (χ4v) is 2.50. The third kappa shape index (κ3) is 3.85. The summed E-state index contributed by atoms with van der Waals surface area (Å²) in [4.78, 5) is 6.02. The van der Waals surface area contributed by atoms with Crippen LogP contribution in [-0.4, -0.2) is 31.2 Å². The van der Waals surface area contributed by atoms with E-state index in [9.17, 15) is 13.2 Å². The van der Waals surface area contributed by atoms with E-state index in [0.717, 1.165) is 51.3 Å². The summed E-state index contributed by atoms with van der Waals surface area (Å²) in [6.07, 6.45) is -1.19. The van der Waals surface area contributed by atoms with Crippen molar-refractivity contribution in [3.05, 3.63) is 23.9 Å². The van der Waals surface area contributed by atoms with E-state index in [1.54, 1.807) is 0 Å². The van der Waals surface area contributed by atoms with Crippen molar-refractivity contribution in [3.63, 3.8) is 0 Å². The molecule has 0 radical (unpaired) electrons. The van der Waals surface area contributed by atoms with E-state index in [0.29, 0.717) is 11.7 Å². The molecule has 6 heteroatoms. The second-order valence-corrected chi connectivity index (χ2v) is 5.13. The third-order valence-corrected chi connectivity index (χ3v) is 3.72. The summed E-state index contributed by atoms with van der Waals surface area (Å²) in [7, 11) is 0. The molecule has 1 aliphatic rings. The van der Waals surface area contributed by atoms with Gasteiger partial charge in [0.2, 0.25) is 0 Å². The van der Waals surface area contributed by atoms with E-state index >= 15 is 0 Å². The number of piperidine rings is 1. The predicted octanol–water partition coefficient (Wildman–Crippen LogP) is 2.93. The van der Waals surface area contributed by atoms with Gasteiger partial charge in [0, 0.05) is 19.3 Å². The monoisotopic (exact) mass is 287 g/mol. The number of hydrogen-bond donors (Lipinski definition) is 1. The first-order valence-corrected chi connectivity index (χ1v) is 6.99. The SMILES string of the molecule is CCN(CC1CCNCC1)c1ccc(C(F)(F)F)cn1. The number of aromatic nitrogens is 1. The van der Waals surface area contributed by atoms with Crippen molar-refractivity contribution in [1.82, 2.24) is 10.3 Å². The second-order valence-electron chi connectivity index (χ2n) is 5.13. The number of hydrogen-bond acceptors (Lipinski definition) is 3. The minimum absolute atomic E-state index is 0.584. The Hall–Kier alpha value is -1.30. The van der Waals surface area contributed by atoms with Crippen molar-refractivity contribution in [2.75, 3.05) is 31.1 Å². The lowest BCUT2D eigenvalue weighted by atomic mass is 9.97. The van der Waals surface area contributed by atoms with Gasteiger partial charge in [-0.15, -0.1) is 0 Å². The Morgan fingerprint density at radius 3 is 2.50 bits per heavy atom. The topological polar surface area (TPSA) is 28.2 Å². The first-order chi connectivity index (χ1) is 9.50. The molecule has 0 unspecified atom stereocenters. The molecule has 1 saturated heterocycles. The molecule has 1 N–H and O–H groups in total. The van der Waals surface area contributed by atoms with E-state index in [1.165, 1.54) is 6.07 Å². The quantitative estimate of drug-likeness (QED) is 0.923. The highest BCUT2D eigenvalue weighted by Gasteiger charge is 2.30. The summed E-state index contributed by atoms with van der Waals surface area (Å²) in [5.74, 6) is 1.21.